The van der Waals surface area contributed by atoms with E-state index in [1.165, 1.54) is 5.56 Å². The van der Waals surface area contributed by atoms with Gasteiger partial charge in [-0.25, -0.2) is 0 Å². The third-order valence-corrected chi connectivity index (χ3v) is 3.55. The molecule has 19 heavy (non-hydrogen) atoms. The van der Waals surface area contributed by atoms with Gasteiger partial charge in [-0.3, -0.25) is 4.68 Å². The normalized spacial score (nSPS) is 12.7. The maximum atomic E-state index is 9.36. The highest BCUT2D eigenvalue weighted by atomic mass is 16.3. The van der Waals surface area contributed by atoms with Crippen molar-refractivity contribution in [2.75, 3.05) is 0 Å². The van der Waals surface area contributed by atoms with Crippen LogP contribution in [-0.4, -0.2) is 14.9 Å². The predicted octanol–water partition coefficient (Wildman–Crippen LogP) is 3.14. The Morgan fingerprint density at radius 1 is 1.11 bits per heavy atom. The first-order chi connectivity index (χ1) is 9.31. The van der Waals surface area contributed by atoms with Crippen molar-refractivity contribution in [1.82, 2.24) is 9.78 Å². The largest absolute Gasteiger partial charge is 0.392 e. The lowest BCUT2D eigenvalue weighted by Gasteiger charge is -2.14. The van der Waals surface area contributed by atoms with Crippen molar-refractivity contribution in [3.63, 3.8) is 0 Å². The van der Waals surface area contributed by atoms with Gasteiger partial charge >= 0.3 is 0 Å². The number of hydrogen-bond acceptors (Lipinski definition) is 2. The van der Waals surface area contributed by atoms with E-state index in [9.17, 15) is 5.11 Å². The third kappa shape index (κ3) is 2.02. The average Bonchev–Trinajstić information content (AvgIpc) is 2.91. The van der Waals surface area contributed by atoms with Crippen molar-refractivity contribution in [3.8, 4) is 0 Å². The number of hydrogen-bond donors (Lipinski definition) is 1. The minimum atomic E-state index is 0.0444. The molecule has 0 aliphatic carbocycles. The molecule has 0 fully saturated rings. The molecular weight excluding hydrogens is 236 g/mol. The zero-order valence-corrected chi connectivity index (χ0v) is 10.8. The molecule has 3 nitrogen and oxygen atoms in total. The van der Waals surface area contributed by atoms with Gasteiger partial charge in [-0.05, 0) is 24.1 Å². The second-order valence-electron chi connectivity index (χ2n) is 4.68. The molecule has 1 aromatic heterocycles. The van der Waals surface area contributed by atoms with Gasteiger partial charge < -0.3 is 5.11 Å². The monoisotopic (exact) mass is 252 g/mol. The number of benzene rings is 2. The van der Waals surface area contributed by atoms with E-state index in [0.29, 0.717) is 0 Å². The maximum Gasteiger partial charge on any atom is 0.0747 e. The summed E-state index contributed by atoms with van der Waals surface area (Å²) in [5.41, 5.74) is 3.20. The van der Waals surface area contributed by atoms with Gasteiger partial charge in [0.2, 0.25) is 0 Å². The SMILES string of the molecule is CC(c1ccccc1)n1ncc2c(CO)cccc21. The van der Waals surface area contributed by atoms with Gasteiger partial charge in [-0.2, -0.15) is 5.10 Å². The van der Waals surface area contributed by atoms with Crippen LogP contribution in [0.5, 0.6) is 0 Å². The lowest BCUT2D eigenvalue weighted by Crippen LogP contribution is -2.08. The smallest absolute Gasteiger partial charge is 0.0747 e. The number of aliphatic hydroxyl groups excluding tert-OH is 1. The van der Waals surface area contributed by atoms with Crippen molar-refractivity contribution in [2.24, 2.45) is 0 Å². The summed E-state index contributed by atoms with van der Waals surface area (Å²) in [6, 6.07) is 16.4. The van der Waals surface area contributed by atoms with Crippen molar-refractivity contribution in [2.45, 2.75) is 19.6 Å². The number of aromatic nitrogens is 2. The molecule has 0 saturated heterocycles. The van der Waals surface area contributed by atoms with Crippen LogP contribution in [0.4, 0.5) is 0 Å². The highest BCUT2D eigenvalue weighted by molar-refractivity contribution is 5.82. The molecule has 3 rings (SSSR count). The summed E-state index contributed by atoms with van der Waals surface area (Å²) in [5.74, 6) is 0. The van der Waals surface area contributed by atoms with Crippen LogP contribution in [0.1, 0.15) is 24.1 Å². The number of rotatable bonds is 3. The lowest BCUT2D eigenvalue weighted by molar-refractivity contribution is 0.283. The molecule has 3 aromatic rings. The molecule has 0 spiro atoms. The van der Waals surface area contributed by atoms with Gasteiger partial charge in [0.25, 0.3) is 0 Å². The topological polar surface area (TPSA) is 38.0 Å². The van der Waals surface area contributed by atoms with E-state index in [1.807, 2.05) is 47.3 Å². The Bertz CT molecular complexity index is 688. The second-order valence-corrected chi connectivity index (χ2v) is 4.68. The minimum absolute atomic E-state index is 0.0444. The zero-order chi connectivity index (χ0) is 13.2. The molecular formula is C16H16N2O. The summed E-state index contributed by atoms with van der Waals surface area (Å²) in [4.78, 5) is 0. The Hall–Kier alpha value is -2.13. The van der Waals surface area contributed by atoms with Gasteiger partial charge in [-0.1, -0.05) is 42.5 Å². The van der Waals surface area contributed by atoms with Crippen LogP contribution < -0.4 is 0 Å². The first kappa shape index (κ1) is 11.9. The quantitative estimate of drug-likeness (QED) is 0.777. The summed E-state index contributed by atoms with van der Waals surface area (Å²) in [5, 5.41) is 14.9. The summed E-state index contributed by atoms with van der Waals surface area (Å²) < 4.78 is 2.00. The first-order valence-electron chi connectivity index (χ1n) is 6.42. The minimum Gasteiger partial charge on any atom is -0.392 e. The van der Waals surface area contributed by atoms with Crippen LogP contribution in [0.2, 0.25) is 0 Å². The molecule has 1 heterocycles. The lowest BCUT2D eigenvalue weighted by atomic mass is 10.1. The average molecular weight is 252 g/mol. The van der Waals surface area contributed by atoms with Crippen LogP contribution in [0.25, 0.3) is 10.9 Å². The Labute approximate surface area is 112 Å². The van der Waals surface area contributed by atoms with Crippen molar-refractivity contribution in [3.05, 3.63) is 65.9 Å². The number of aliphatic hydroxyl groups is 1. The Balaban J connectivity index is 2.11. The van der Waals surface area contributed by atoms with E-state index in [-0.39, 0.29) is 12.6 Å². The molecule has 0 aliphatic rings. The zero-order valence-electron chi connectivity index (χ0n) is 10.8. The Kier molecular flexibility index (Phi) is 3.05. The van der Waals surface area contributed by atoms with Crippen LogP contribution in [0.3, 0.4) is 0 Å². The van der Waals surface area contributed by atoms with Crippen LogP contribution in [0.15, 0.2) is 54.7 Å². The summed E-state index contributed by atoms with van der Waals surface area (Å²) in [7, 11) is 0. The Morgan fingerprint density at radius 3 is 2.63 bits per heavy atom. The molecule has 3 heteroatoms. The van der Waals surface area contributed by atoms with Crippen LogP contribution in [0, 0.1) is 0 Å². The number of fused-ring (bicyclic) bond motifs is 1. The molecule has 2 aromatic carbocycles. The van der Waals surface area contributed by atoms with E-state index in [4.69, 9.17) is 0 Å². The van der Waals surface area contributed by atoms with Gasteiger partial charge in [0.1, 0.15) is 0 Å². The highest BCUT2D eigenvalue weighted by Crippen LogP contribution is 2.25. The van der Waals surface area contributed by atoms with Crippen molar-refractivity contribution in [1.29, 1.82) is 0 Å². The second kappa shape index (κ2) is 4.86. The van der Waals surface area contributed by atoms with Gasteiger partial charge in [0.05, 0.1) is 24.4 Å². The number of nitrogens with zero attached hydrogens (tertiary/aromatic N) is 2. The molecule has 1 unspecified atom stereocenters. The molecule has 0 amide bonds. The molecule has 0 bridgehead atoms. The third-order valence-electron chi connectivity index (χ3n) is 3.55. The molecule has 0 radical (unpaired) electrons. The molecule has 96 valence electrons. The fraction of sp³-hybridized carbons (Fsp3) is 0.188. The standard InChI is InChI=1S/C16H16N2O/c1-12(13-6-3-2-4-7-13)18-16-9-5-8-14(11-19)15(16)10-17-18/h2-10,12,19H,11H2,1H3. The Morgan fingerprint density at radius 2 is 1.89 bits per heavy atom. The van der Waals surface area contributed by atoms with E-state index in [2.05, 4.69) is 24.2 Å². The summed E-state index contributed by atoms with van der Waals surface area (Å²) >= 11 is 0. The van der Waals surface area contributed by atoms with Gasteiger partial charge in [0, 0.05) is 5.39 Å². The maximum absolute atomic E-state index is 9.36. The van der Waals surface area contributed by atoms with Gasteiger partial charge in [0.15, 0.2) is 0 Å². The van der Waals surface area contributed by atoms with Crippen molar-refractivity contribution < 1.29 is 5.11 Å². The van der Waals surface area contributed by atoms with Crippen LogP contribution >= 0.6 is 0 Å². The fourth-order valence-corrected chi connectivity index (χ4v) is 2.45. The first-order valence-corrected chi connectivity index (χ1v) is 6.42. The summed E-state index contributed by atoms with van der Waals surface area (Å²) in [6.07, 6.45) is 1.83. The molecule has 0 aliphatic heterocycles. The van der Waals surface area contributed by atoms with Crippen molar-refractivity contribution >= 4 is 10.9 Å². The fourth-order valence-electron chi connectivity index (χ4n) is 2.45. The van der Waals surface area contributed by atoms with Gasteiger partial charge in [-0.15, -0.1) is 0 Å². The molecule has 1 atom stereocenters. The van der Waals surface area contributed by atoms with E-state index >= 15 is 0 Å². The summed E-state index contributed by atoms with van der Waals surface area (Å²) in [6.45, 7) is 2.18. The molecule has 0 saturated carbocycles. The van der Waals surface area contributed by atoms with E-state index in [0.717, 1.165) is 16.5 Å². The predicted molar refractivity (Wildman–Crippen MR) is 75.9 cm³/mol. The highest BCUT2D eigenvalue weighted by Gasteiger charge is 2.12. The van der Waals surface area contributed by atoms with E-state index < -0.39 is 0 Å². The van der Waals surface area contributed by atoms with Crippen LogP contribution in [-0.2, 0) is 6.61 Å². The van der Waals surface area contributed by atoms with E-state index in [1.54, 1.807) is 0 Å². The molecule has 1 N–H and O–H groups in total.